The van der Waals surface area contributed by atoms with Gasteiger partial charge in [-0.15, -0.1) is 11.8 Å². The van der Waals surface area contributed by atoms with Crippen LogP contribution >= 0.6 is 11.8 Å². The summed E-state index contributed by atoms with van der Waals surface area (Å²) in [6.07, 6.45) is 0. The zero-order valence-electron chi connectivity index (χ0n) is 9.22. The van der Waals surface area contributed by atoms with Gasteiger partial charge in [0.15, 0.2) is 0 Å². The lowest BCUT2D eigenvalue weighted by Gasteiger charge is -2.05. The number of aliphatic hydroxyl groups excluding tert-OH is 1. The summed E-state index contributed by atoms with van der Waals surface area (Å²) in [6.45, 7) is 0.842. The van der Waals surface area contributed by atoms with Crippen LogP contribution in [0.3, 0.4) is 0 Å². The van der Waals surface area contributed by atoms with Crippen molar-refractivity contribution in [2.45, 2.75) is 4.90 Å². The average molecular weight is 248 g/mol. The minimum Gasteiger partial charge on any atom is -0.394 e. The van der Waals surface area contributed by atoms with Crippen LogP contribution in [0.4, 0.5) is 0 Å². The van der Waals surface area contributed by atoms with Crippen LogP contribution in [0.1, 0.15) is 11.1 Å². The molecule has 17 heavy (non-hydrogen) atoms. The molecule has 0 spiro atoms. The summed E-state index contributed by atoms with van der Waals surface area (Å²) < 4.78 is 5.12. The molecular weight excluding hydrogens is 236 g/mol. The van der Waals surface area contributed by atoms with E-state index in [2.05, 4.69) is 0 Å². The Morgan fingerprint density at radius 2 is 2.06 bits per heavy atom. The molecule has 0 radical (unpaired) electrons. The van der Waals surface area contributed by atoms with Crippen molar-refractivity contribution in [3.8, 4) is 12.1 Å². The van der Waals surface area contributed by atoms with Crippen LogP contribution < -0.4 is 0 Å². The standard InChI is InChI=1S/C12H12N2O2S/c13-8-10-2-1-3-12(11(10)9-14)17-7-6-16-5-4-15/h1-3,15H,4-7H2. The van der Waals surface area contributed by atoms with Crippen LogP contribution in [-0.4, -0.2) is 30.7 Å². The van der Waals surface area contributed by atoms with Gasteiger partial charge in [0, 0.05) is 10.6 Å². The number of nitrogens with zero attached hydrogens (tertiary/aromatic N) is 2. The van der Waals surface area contributed by atoms with Crippen LogP contribution in [0.15, 0.2) is 23.1 Å². The first-order valence-electron chi connectivity index (χ1n) is 5.08. The van der Waals surface area contributed by atoms with Crippen LogP contribution in [0.5, 0.6) is 0 Å². The number of thioether (sulfide) groups is 1. The number of benzene rings is 1. The predicted molar refractivity (Wildman–Crippen MR) is 64.5 cm³/mol. The summed E-state index contributed by atoms with van der Waals surface area (Å²) in [5, 5.41) is 26.4. The summed E-state index contributed by atoms with van der Waals surface area (Å²) in [4.78, 5) is 0.791. The van der Waals surface area contributed by atoms with E-state index in [0.29, 0.717) is 30.1 Å². The molecule has 88 valence electrons. The van der Waals surface area contributed by atoms with E-state index in [1.165, 1.54) is 11.8 Å². The normalized spacial score (nSPS) is 9.59. The second kappa shape index (κ2) is 7.70. The third-order valence-electron chi connectivity index (χ3n) is 1.98. The summed E-state index contributed by atoms with van der Waals surface area (Å²) in [5.74, 6) is 0.684. The molecule has 0 saturated carbocycles. The minimum absolute atomic E-state index is 0.0119. The van der Waals surface area contributed by atoms with Crippen LogP contribution in [0.25, 0.3) is 0 Å². The first kappa shape index (κ1) is 13.5. The average Bonchev–Trinajstić information content (AvgIpc) is 2.38. The van der Waals surface area contributed by atoms with Gasteiger partial charge in [-0.3, -0.25) is 0 Å². The van der Waals surface area contributed by atoms with Crippen molar-refractivity contribution in [2.24, 2.45) is 0 Å². The quantitative estimate of drug-likeness (QED) is 0.610. The highest BCUT2D eigenvalue weighted by Gasteiger charge is 2.07. The number of hydrogen-bond donors (Lipinski definition) is 1. The number of ether oxygens (including phenoxy) is 1. The molecule has 0 atom stereocenters. The van der Waals surface area contributed by atoms with Gasteiger partial charge >= 0.3 is 0 Å². The van der Waals surface area contributed by atoms with Crippen molar-refractivity contribution in [3.63, 3.8) is 0 Å². The molecule has 5 heteroatoms. The zero-order chi connectivity index (χ0) is 12.5. The van der Waals surface area contributed by atoms with Crippen LogP contribution in [0, 0.1) is 22.7 Å². The van der Waals surface area contributed by atoms with Gasteiger partial charge in [0.2, 0.25) is 0 Å². The number of aliphatic hydroxyl groups is 1. The second-order valence-electron chi connectivity index (χ2n) is 3.09. The van der Waals surface area contributed by atoms with Crippen molar-refractivity contribution in [1.82, 2.24) is 0 Å². The van der Waals surface area contributed by atoms with E-state index in [1.54, 1.807) is 12.1 Å². The van der Waals surface area contributed by atoms with E-state index < -0.39 is 0 Å². The van der Waals surface area contributed by atoms with Crippen LogP contribution in [0.2, 0.25) is 0 Å². The third kappa shape index (κ3) is 4.08. The molecule has 4 nitrogen and oxygen atoms in total. The molecule has 0 aliphatic carbocycles. The Balaban J connectivity index is 2.60. The molecule has 0 aliphatic heterocycles. The van der Waals surface area contributed by atoms with Gasteiger partial charge in [0.05, 0.1) is 30.9 Å². The third-order valence-corrected chi connectivity index (χ3v) is 3.00. The highest BCUT2D eigenvalue weighted by Crippen LogP contribution is 2.24. The molecule has 0 amide bonds. The second-order valence-corrected chi connectivity index (χ2v) is 4.22. The van der Waals surface area contributed by atoms with E-state index in [1.807, 2.05) is 18.2 Å². The lowest BCUT2D eigenvalue weighted by molar-refractivity contribution is 0.103. The Morgan fingerprint density at radius 3 is 2.71 bits per heavy atom. The Kier molecular flexibility index (Phi) is 6.13. The largest absolute Gasteiger partial charge is 0.394 e. The Bertz CT molecular complexity index is 449. The fourth-order valence-corrected chi connectivity index (χ4v) is 2.13. The van der Waals surface area contributed by atoms with Crippen molar-refractivity contribution < 1.29 is 9.84 Å². The van der Waals surface area contributed by atoms with Crippen molar-refractivity contribution in [2.75, 3.05) is 25.6 Å². The Hall–Kier alpha value is -1.53. The molecule has 1 aromatic carbocycles. The molecule has 0 aromatic heterocycles. The monoisotopic (exact) mass is 248 g/mol. The Labute approximate surface area is 104 Å². The van der Waals surface area contributed by atoms with E-state index in [4.69, 9.17) is 20.4 Å². The first-order valence-corrected chi connectivity index (χ1v) is 6.06. The molecule has 0 bridgehead atoms. The van der Waals surface area contributed by atoms with Gasteiger partial charge in [-0.1, -0.05) is 6.07 Å². The van der Waals surface area contributed by atoms with Gasteiger partial charge in [0.25, 0.3) is 0 Å². The molecule has 0 unspecified atom stereocenters. The van der Waals surface area contributed by atoms with E-state index in [9.17, 15) is 0 Å². The zero-order valence-corrected chi connectivity index (χ0v) is 10.0. The maximum atomic E-state index is 8.99. The summed E-state index contributed by atoms with van der Waals surface area (Å²) >= 11 is 1.47. The summed E-state index contributed by atoms with van der Waals surface area (Å²) in [6, 6.07) is 9.25. The molecule has 1 aromatic rings. The number of rotatable bonds is 6. The van der Waals surface area contributed by atoms with Gasteiger partial charge in [0.1, 0.15) is 12.1 Å². The van der Waals surface area contributed by atoms with Crippen molar-refractivity contribution in [3.05, 3.63) is 29.3 Å². The highest BCUT2D eigenvalue weighted by atomic mass is 32.2. The molecule has 0 saturated heterocycles. The van der Waals surface area contributed by atoms with Crippen molar-refractivity contribution >= 4 is 11.8 Å². The van der Waals surface area contributed by atoms with Crippen molar-refractivity contribution in [1.29, 1.82) is 10.5 Å². The summed E-state index contributed by atoms with van der Waals surface area (Å²) in [5.41, 5.74) is 0.816. The minimum atomic E-state index is 0.0119. The molecule has 1 rings (SSSR count). The fraction of sp³-hybridized carbons (Fsp3) is 0.333. The SMILES string of the molecule is N#Cc1cccc(SCCOCCO)c1C#N. The lowest BCUT2D eigenvalue weighted by atomic mass is 10.1. The van der Waals surface area contributed by atoms with Gasteiger partial charge in [-0.25, -0.2) is 0 Å². The molecule has 0 aliphatic rings. The van der Waals surface area contributed by atoms with E-state index >= 15 is 0 Å². The summed E-state index contributed by atoms with van der Waals surface area (Å²) in [7, 11) is 0. The maximum absolute atomic E-state index is 8.99. The van der Waals surface area contributed by atoms with Gasteiger partial charge < -0.3 is 9.84 Å². The molecule has 0 heterocycles. The van der Waals surface area contributed by atoms with E-state index in [-0.39, 0.29) is 6.61 Å². The topological polar surface area (TPSA) is 77.0 Å². The number of nitriles is 2. The van der Waals surface area contributed by atoms with Gasteiger partial charge in [-0.2, -0.15) is 10.5 Å². The predicted octanol–water partition coefficient (Wildman–Crippen LogP) is 1.53. The molecular formula is C12H12N2O2S. The lowest BCUT2D eigenvalue weighted by Crippen LogP contribution is -2.02. The number of hydrogen-bond acceptors (Lipinski definition) is 5. The smallest absolute Gasteiger partial charge is 0.102 e. The molecule has 0 fully saturated rings. The molecule has 1 N–H and O–H groups in total. The fourth-order valence-electron chi connectivity index (χ4n) is 1.24. The Morgan fingerprint density at radius 1 is 1.24 bits per heavy atom. The highest BCUT2D eigenvalue weighted by molar-refractivity contribution is 7.99. The van der Waals surface area contributed by atoms with Gasteiger partial charge in [-0.05, 0) is 12.1 Å². The maximum Gasteiger partial charge on any atom is 0.102 e. The van der Waals surface area contributed by atoms with E-state index in [0.717, 1.165) is 4.90 Å². The van der Waals surface area contributed by atoms with Crippen LogP contribution in [-0.2, 0) is 4.74 Å². The first-order chi connectivity index (χ1) is 8.33.